The largest absolute Gasteiger partial charge is 0.464 e. The molecule has 21 heavy (non-hydrogen) atoms. The van der Waals surface area contributed by atoms with Crippen molar-refractivity contribution in [2.75, 3.05) is 7.11 Å². The number of ketones is 1. The number of nitrogens with one attached hydrogen (secondary N) is 1. The Kier molecular flexibility index (Phi) is 2.75. The Bertz CT molecular complexity index is 569. The van der Waals surface area contributed by atoms with E-state index in [2.05, 4.69) is 14.9 Å². The van der Waals surface area contributed by atoms with Crippen molar-refractivity contribution in [1.82, 2.24) is 10.2 Å². The maximum absolute atomic E-state index is 13.0. The van der Waals surface area contributed by atoms with E-state index in [4.69, 9.17) is 0 Å². The summed E-state index contributed by atoms with van der Waals surface area (Å²) in [5.41, 5.74) is 0.445. The number of methoxy groups -OCH3 is 1. The Morgan fingerprint density at radius 2 is 1.76 bits per heavy atom. The Labute approximate surface area is 123 Å². The molecule has 5 heteroatoms. The molecule has 4 fully saturated rings. The van der Waals surface area contributed by atoms with Gasteiger partial charge in [0.25, 0.3) is 0 Å². The van der Waals surface area contributed by atoms with Crippen molar-refractivity contribution >= 4 is 11.8 Å². The lowest BCUT2D eigenvalue weighted by Crippen LogP contribution is -2.50. The van der Waals surface area contributed by atoms with Gasteiger partial charge in [0, 0.05) is 11.5 Å². The molecular weight excluding hydrogens is 268 g/mol. The molecule has 4 saturated carbocycles. The van der Waals surface area contributed by atoms with Crippen LogP contribution in [0.4, 0.5) is 0 Å². The summed E-state index contributed by atoms with van der Waals surface area (Å²) in [5.74, 6) is 1.82. The number of carbonyl (C=O) groups is 2. The van der Waals surface area contributed by atoms with Crippen molar-refractivity contribution in [1.29, 1.82) is 0 Å². The van der Waals surface area contributed by atoms with Gasteiger partial charge in [0.1, 0.15) is 11.4 Å². The number of carbonyl (C=O) groups excluding carboxylic acids is 2. The number of hydrogen-bond acceptors (Lipinski definition) is 4. The molecule has 0 spiro atoms. The standard InChI is InChI=1S/C16H20N2O3/c1-21-15(20)13-5-12(17-18-13)14(19)16-6-9-2-10(7-16)4-11(3-9)8-16/h5,9-11H,2-4,6-8H2,1H3,(H,17,18). The van der Waals surface area contributed by atoms with Crippen LogP contribution in [0.15, 0.2) is 6.07 Å². The van der Waals surface area contributed by atoms with Crippen molar-refractivity contribution in [3.05, 3.63) is 17.5 Å². The molecule has 1 aromatic heterocycles. The number of H-pyrrole nitrogens is 1. The highest BCUT2D eigenvalue weighted by atomic mass is 16.5. The van der Waals surface area contributed by atoms with Crippen LogP contribution < -0.4 is 0 Å². The van der Waals surface area contributed by atoms with Gasteiger partial charge in [-0.2, -0.15) is 5.10 Å². The smallest absolute Gasteiger partial charge is 0.356 e. The van der Waals surface area contributed by atoms with E-state index in [0.29, 0.717) is 5.69 Å². The molecule has 0 aromatic carbocycles. The summed E-state index contributed by atoms with van der Waals surface area (Å²) in [6.07, 6.45) is 6.95. The molecule has 1 aromatic rings. The third kappa shape index (κ3) is 1.93. The third-order valence-electron chi connectivity index (χ3n) is 5.74. The first-order valence-electron chi connectivity index (χ1n) is 7.78. The van der Waals surface area contributed by atoms with Gasteiger partial charge >= 0.3 is 5.97 Å². The van der Waals surface area contributed by atoms with E-state index in [-0.39, 0.29) is 16.9 Å². The van der Waals surface area contributed by atoms with Crippen LogP contribution >= 0.6 is 0 Å². The summed E-state index contributed by atoms with van der Waals surface area (Å²) in [6.45, 7) is 0. The first kappa shape index (κ1) is 13.0. The molecule has 1 N–H and O–H groups in total. The molecule has 0 radical (unpaired) electrons. The number of hydrogen-bond donors (Lipinski definition) is 1. The normalized spacial score (nSPS) is 36.7. The third-order valence-corrected chi connectivity index (χ3v) is 5.74. The van der Waals surface area contributed by atoms with Gasteiger partial charge in [-0.05, 0) is 56.3 Å². The maximum Gasteiger partial charge on any atom is 0.356 e. The van der Waals surface area contributed by atoms with E-state index >= 15 is 0 Å². The van der Waals surface area contributed by atoms with Gasteiger partial charge in [-0.25, -0.2) is 4.79 Å². The number of rotatable bonds is 3. The Morgan fingerprint density at radius 3 is 2.29 bits per heavy atom. The van der Waals surface area contributed by atoms with Gasteiger partial charge < -0.3 is 4.74 Å². The van der Waals surface area contributed by atoms with Crippen LogP contribution in [0.2, 0.25) is 0 Å². The van der Waals surface area contributed by atoms with Gasteiger partial charge in [-0.1, -0.05) is 0 Å². The Balaban J connectivity index is 1.62. The van der Waals surface area contributed by atoms with E-state index < -0.39 is 5.97 Å². The minimum absolute atomic E-state index is 0.132. The summed E-state index contributed by atoms with van der Waals surface area (Å²) in [4.78, 5) is 24.5. The molecule has 5 rings (SSSR count). The van der Waals surface area contributed by atoms with Crippen LogP contribution in [0, 0.1) is 23.2 Å². The van der Waals surface area contributed by atoms with E-state index in [1.165, 1.54) is 26.4 Å². The zero-order valence-corrected chi connectivity index (χ0v) is 12.2. The van der Waals surface area contributed by atoms with Crippen LogP contribution in [0.1, 0.15) is 59.5 Å². The van der Waals surface area contributed by atoms with Crippen LogP contribution in [0.5, 0.6) is 0 Å². The molecule has 5 nitrogen and oxygen atoms in total. The molecule has 0 amide bonds. The molecule has 1 heterocycles. The zero-order chi connectivity index (χ0) is 14.6. The van der Waals surface area contributed by atoms with E-state index in [0.717, 1.165) is 37.0 Å². The molecule has 112 valence electrons. The number of nitrogens with zero attached hydrogens (tertiary/aromatic N) is 1. The quantitative estimate of drug-likeness (QED) is 0.685. The summed E-state index contributed by atoms with van der Waals surface area (Å²) in [7, 11) is 1.32. The first-order chi connectivity index (χ1) is 10.1. The molecular formula is C16H20N2O3. The second-order valence-corrected chi connectivity index (χ2v) is 7.19. The van der Waals surface area contributed by atoms with Crippen LogP contribution in [0.3, 0.4) is 0 Å². The average Bonchev–Trinajstić information content (AvgIpc) is 2.93. The lowest BCUT2D eigenvalue weighted by Gasteiger charge is -2.55. The van der Waals surface area contributed by atoms with Crippen molar-refractivity contribution in [2.24, 2.45) is 23.2 Å². The van der Waals surface area contributed by atoms with Crippen molar-refractivity contribution in [2.45, 2.75) is 38.5 Å². The predicted octanol–water partition coefficient (Wildman–Crippen LogP) is 2.60. The van der Waals surface area contributed by atoms with Gasteiger partial charge in [0.2, 0.25) is 0 Å². The second-order valence-electron chi connectivity index (χ2n) is 7.19. The average molecular weight is 288 g/mol. The number of aromatic amines is 1. The molecule has 0 unspecified atom stereocenters. The van der Waals surface area contributed by atoms with Gasteiger partial charge in [0.15, 0.2) is 5.78 Å². The van der Waals surface area contributed by atoms with Crippen LogP contribution in [0.25, 0.3) is 0 Å². The summed E-state index contributed by atoms with van der Waals surface area (Å²) in [5, 5.41) is 6.69. The summed E-state index contributed by atoms with van der Waals surface area (Å²) >= 11 is 0. The lowest BCUT2D eigenvalue weighted by molar-refractivity contribution is -0.0355. The Hall–Kier alpha value is -1.65. The first-order valence-corrected chi connectivity index (χ1v) is 7.78. The molecule has 4 bridgehead atoms. The monoisotopic (exact) mass is 288 g/mol. The van der Waals surface area contributed by atoms with E-state index in [1.807, 2.05) is 0 Å². The highest BCUT2D eigenvalue weighted by molar-refractivity contribution is 6.01. The number of aromatic nitrogens is 2. The highest BCUT2D eigenvalue weighted by Crippen LogP contribution is 2.60. The van der Waals surface area contributed by atoms with E-state index in [1.54, 1.807) is 6.07 Å². The second kappa shape index (κ2) is 4.42. The topological polar surface area (TPSA) is 72.1 Å². The van der Waals surface area contributed by atoms with Crippen molar-refractivity contribution < 1.29 is 14.3 Å². The summed E-state index contributed by atoms with van der Waals surface area (Å²) in [6, 6.07) is 1.55. The maximum atomic E-state index is 13.0. The fraction of sp³-hybridized carbons (Fsp3) is 0.688. The molecule has 0 aliphatic heterocycles. The van der Waals surface area contributed by atoms with E-state index in [9.17, 15) is 9.59 Å². The Morgan fingerprint density at radius 1 is 1.19 bits per heavy atom. The number of Topliss-reactive ketones (excluding diaryl/α,β-unsaturated/α-hetero) is 1. The minimum Gasteiger partial charge on any atom is -0.464 e. The van der Waals surface area contributed by atoms with Gasteiger partial charge in [0.05, 0.1) is 7.11 Å². The SMILES string of the molecule is COC(=O)c1cc(C(=O)C23CC4CC(CC(C4)C2)C3)n[nH]1. The number of ether oxygens (including phenoxy) is 1. The molecule has 0 saturated heterocycles. The fourth-order valence-electron chi connectivity index (χ4n) is 5.31. The van der Waals surface area contributed by atoms with Crippen molar-refractivity contribution in [3.63, 3.8) is 0 Å². The van der Waals surface area contributed by atoms with Crippen LogP contribution in [-0.2, 0) is 4.74 Å². The van der Waals surface area contributed by atoms with Crippen LogP contribution in [-0.4, -0.2) is 29.1 Å². The number of esters is 1. The molecule has 4 aliphatic rings. The van der Waals surface area contributed by atoms with Gasteiger partial charge in [-0.3, -0.25) is 9.89 Å². The zero-order valence-electron chi connectivity index (χ0n) is 12.2. The fourth-order valence-corrected chi connectivity index (χ4v) is 5.31. The van der Waals surface area contributed by atoms with Crippen molar-refractivity contribution in [3.8, 4) is 0 Å². The summed E-state index contributed by atoms with van der Waals surface area (Å²) < 4.78 is 4.66. The lowest BCUT2D eigenvalue weighted by atomic mass is 9.48. The predicted molar refractivity (Wildman–Crippen MR) is 74.9 cm³/mol. The minimum atomic E-state index is -0.480. The molecule has 0 atom stereocenters. The van der Waals surface area contributed by atoms with Gasteiger partial charge in [-0.15, -0.1) is 0 Å². The molecule has 4 aliphatic carbocycles. The highest BCUT2D eigenvalue weighted by Gasteiger charge is 2.55.